The first-order valence-electron chi connectivity index (χ1n) is 10.5. The van der Waals surface area contributed by atoms with Gasteiger partial charge in [-0.1, -0.05) is 48.5 Å². The molecule has 6 heteroatoms. The molecular weight excluding hydrogens is 394 g/mol. The lowest BCUT2D eigenvalue weighted by atomic mass is 10.0. The topological polar surface area (TPSA) is 61.4 Å². The van der Waals surface area contributed by atoms with Crippen LogP contribution in [0.4, 0.5) is 5.69 Å². The maximum Gasteiger partial charge on any atom is 0.262 e. The van der Waals surface area contributed by atoms with Gasteiger partial charge >= 0.3 is 0 Å². The first-order valence-corrected chi connectivity index (χ1v) is 11.3. The molecule has 2 aromatic carbocycles. The molecule has 1 unspecified atom stereocenters. The van der Waals surface area contributed by atoms with Crippen molar-refractivity contribution in [2.45, 2.75) is 37.1 Å². The van der Waals surface area contributed by atoms with Gasteiger partial charge in [0.05, 0.1) is 10.6 Å². The molecule has 2 N–H and O–H groups in total. The number of piperidine rings is 1. The van der Waals surface area contributed by atoms with Crippen LogP contribution < -0.4 is 10.6 Å². The number of fused-ring (bicyclic) bond motifs is 1. The van der Waals surface area contributed by atoms with E-state index in [1.54, 1.807) is 6.07 Å². The summed E-state index contributed by atoms with van der Waals surface area (Å²) < 4.78 is 0. The molecule has 1 atom stereocenters. The minimum atomic E-state index is -0.145. The minimum Gasteiger partial charge on any atom is -0.351 e. The molecule has 156 valence electrons. The van der Waals surface area contributed by atoms with Gasteiger partial charge in [0.1, 0.15) is 0 Å². The van der Waals surface area contributed by atoms with E-state index in [4.69, 9.17) is 0 Å². The van der Waals surface area contributed by atoms with Crippen LogP contribution in [0.1, 0.15) is 42.1 Å². The van der Waals surface area contributed by atoms with Gasteiger partial charge in [-0.15, -0.1) is 0 Å². The Kier molecular flexibility index (Phi) is 6.55. The second-order valence-electron chi connectivity index (χ2n) is 7.82. The lowest BCUT2D eigenvalue weighted by Gasteiger charge is -2.33. The molecule has 2 heterocycles. The largest absolute Gasteiger partial charge is 0.351 e. The number of rotatable bonds is 5. The highest BCUT2D eigenvalue weighted by atomic mass is 32.2. The van der Waals surface area contributed by atoms with Crippen molar-refractivity contribution in [3.8, 4) is 0 Å². The van der Waals surface area contributed by atoms with Crippen molar-refractivity contribution in [3.63, 3.8) is 0 Å². The van der Waals surface area contributed by atoms with Gasteiger partial charge in [0.2, 0.25) is 0 Å². The summed E-state index contributed by atoms with van der Waals surface area (Å²) in [5.74, 6) is -0.250. The molecule has 5 nitrogen and oxygen atoms in total. The fourth-order valence-electron chi connectivity index (χ4n) is 3.91. The Hall–Kier alpha value is -2.57. The zero-order chi connectivity index (χ0) is 20.9. The van der Waals surface area contributed by atoms with Gasteiger partial charge in [0, 0.05) is 29.6 Å². The number of hydrogen-bond donors (Lipinski definition) is 2. The summed E-state index contributed by atoms with van der Waals surface area (Å²) in [6.45, 7) is 4.87. The third-order valence-corrected chi connectivity index (χ3v) is 6.76. The summed E-state index contributed by atoms with van der Waals surface area (Å²) in [6, 6.07) is 15.9. The van der Waals surface area contributed by atoms with Gasteiger partial charge in [-0.25, -0.2) is 0 Å². The molecular formula is C24H27N3O2S. The Morgan fingerprint density at radius 1 is 1.23 bits per heavy atom. The number of amides is 2. The molecule has 0 spiro atoms. The lowest BCUT2D eigenvalue weighted by Crippen LogP contribution is -2.42. The predicted molar refractivity (Wildman–Crippen MR) is 123 cm³/mol. The average Bonchev–Trinajstić information content (AvgIpc) is 2.76. The predicted octanol–water partition coefficient (Wildman–Crippen LogP) is 4.38. The monoisotopic (exact) mass is 421 g/mol. The van der Waals surface area contributed by atoms with Crippen LogP contribution in [-0.4, -0.2) is 42.4 Å². The summed E-state index contributed by atoms with van der Waals surface area (Å²) >= 11 is 1.43. The van der Waals surface area contributed by atoms with E-state index in [0.717, 1.165) is 23.5 Å². The molecule has 2 aliphatic heterocycles. The van der Waals surface area contributed by atoms with Crippen LogP contribution in [-0.2, 0) is 4.79 Å². The number of hydrogen-bond acceptors (Lipinski definition) is 4. The number of carbonyl (C=O) groups excluding carboxylic acids is 2. The van der Waals surface area contributed by atoms with E-state index in [-0.39, 0.29) is 11.8 Å². The number of likely N-dealkylation sites (tertiary alicyclic amines) is 1. The van der Waals surface area contributed by atoms with E-state index in [1.165, 1.54) is 31.0 Å². The highest BCUT2D eigenvalue weighted by Crippen LogP contribution is 2.39. The van der Waals surface area contributed by atoms with Crippen LogP contribution in [0.25, 0.3) is 6.08 Å². The summed E-state index contributed by atoms with van der Waals surface area (Å²) in [7, 11) is 0. The second kappa shape index (κ2) is 9.49. The fourth-order valence-corrected chi connectivity index (χ4v) is 4.84. The Morgan fingerprint density at radius 3 is 2.87 bits per heavy atom. The first kappa shape index (κ1) is 20.7. The zero-order valence-corrected chi connectivity index (χ0v) is 18.0. The molecule has 0 bridgehead atoms. The molecule has 2 amide bonds. The van der Waals surface area contributed by atoms with Crippen LogP contribution >= 0.6 is 11.8 Å². The first-order chi connectivity index (χ1) is 14.6. The van der Waals surface area contributed by atoms with E-state index in [9.17, 15) is 9.59 Å². The number of anilines is 1. The maximum absolute atomic E-state index is 12.6. The van der Waals surface area contributed by atoms with Crippen LogP contribution in [0.15, 0.2) is 58.3 Å². The van der Waals surface area contributed by atoms with Crippen molar-refractivity contribution in [1.29, 1.82) is 0 Å². The normalized spacial score (nSPS) is 20.5. The van der Waals surface area contributed by atoms with Gasteiger partial charge < -0.3 is 10.6 Å². The number of carbonyl (C=O) groups is 2. The molecule has 2 aromatic rings. The molecule has 4 rings (SSSR count). The van der Waals surface area contributed by atoms with E-state index in [0.29, 0.717) is 28.7 Å². The minimum absolute atomic E-state index is 0.104. The van der Waals surface area contributed by atoms with Crippen molar-refractivity contribution < 1.29 is 9.59 Å². The Balaban J connectivity index is 1.38. The van der Waals surface area contributed by atoms with Crippen molar-refractivity contribution in [1.82, 2.24) is 10.2 Å². The standard InChI is InChI=1S/C24H27N3O2S/c1-17-7-5-6-13-27(17)14-12-25-23(28)19-10-11-21-20(16-19)26-24(29)22(30-21)15-18-8-3-2-4-9-18/h2-4,8-11,15-17H,5-7,12-14H2,1H3,(H,25,28)(H,26,29). The molecule has 1 saturated heterocycles. The number of nitrogens with zero attached hydrogens (tertiary/aromatic N) is 1. The third kappa shape index (κ3) is 4.94. The molecule has 0 saturated carbocycles. The van der Waals surface area contributed by atoms with E-state index >= 15 is 0 Å². The molecule has 0 aromatic heterocycles. The Bertz CT molecular complexity index is 958. The summed E-state index contributed by atoms with van der Waals surface area (Å²) in [5.41, 5.74) is 2.24. The average molecular weight is 422 g/mol. The SMILES string of the molecule is CC1CCCCN1CCNC(=O)c1ccc2c(c1)NC(=O)C(=Cc1ccccc1)S2. The lowest BCUT2D eigenvalue weighted by molar-refractivity contribution is -0.112. The molecule has 2 aliphatic rings. The zero-order valence-electron chi connectivity index (χ0n) is 17.2. The van der Waals surface area contributed by atoms with E-state index < -0.39 is 0 Å². The van der Waals surface area contributed by atoms with Gasteiger partial charge in [0.25, 0.3) is 11.8 Å². The molecule has 0 aliphatic carbocycles. The fraction of sp³-hybridized carbons (Fsp3) is 0.333. The van der Waals surface area contributed by atoms with Crippen molar-refractivity contribution in [2.75, 3.05) is 25.0 Å². The van der Waals surface area contributed by atoms with Crippen LogP contribution in [0.3, 0.4) is 0 Å². The van der Waals surface area contributed by atoms with Gasteiger partial charge in [-0.2, -0.15) is 0 Å². The Morgan fingerprint density at radius 2 is 2.07 bits per heavy atom. The van der Waals surface area contributed by atoms with Gasteiger partial charge in [0.15, 0.2) is 0 Å². The van der Waals surface area contributed by atoms with Gasteiger partial charge in [-0.3, -0.25) is 14.5 Å². The second-order valence-corrected chi connectivity index (χ2v) is 8.91. The summed E-state index contributed by atoms with van der Waals surface area (Å²) in [4.78, 5) is 29.1. The maximum atomic E-state index is 12.6. The smallest absolute Gasteiger partial charge is 0.262 e. The van der Waals surface area contributed by atoms with Crippen molar-refractivity contribution in [2.24, 2.45) is 0 Å². The quantitative estimate of drug-likeness (QED) is 0.704. The third-order valence-electron chi connectivity index (χ3n) is 5.66. The number of benzene rings is 2. The summed E-state index contributed by atoms with van der Waals surface area (Å²) in [5, 5.41) is 5.94. The van der Waals surface area contributed by atoms with Crippen molar-refractivity contribution >= 4 is 35.3 Å². The van der Waals surface area contributed by atoms with Gasteiger partial charge in [-0.05, 0) is 56.1 Å². The highest BCUT2D eigenvalue weighted by molar-refractivity contribution is 8.04. The highest BCUT2D eigenvalue weighted by Gasteiger charge is 2.22. The molecule has 30 heavy (non-hydrogen) atoms. The van der Waals surface area contributed by atoms with Crippen LogP contribution in [0, 0.1) is 0 Å². The van der Waals surface area contributed by atoms with Crippen LogP contribution in [0.5, 0.6) is 0 Å². The number of nitrogens with one attached hydrogen (secondary N) is 2. The van der Waals surface area contributed by atoms with E-state index in [2.05, 4.69) is 22.5 Å². The summed E-state index contributed by atoms with van der Waals surface area (Å²) in [6.07, 6.45) is 5.65. The molecule has 0 radical (unpaired) electrons. The van der Waals surface area contributed by atoms with Crippen LogP contribution in [0.2, 0.25) is 0 Å². The molecule has 1 fully saturated rings. The van der Waals surface area contributed by atoms with Crippen molar-refractivity contribution in [3.05, 3.63) is 64.6 Å². The Labute approximate surface area is 181 Å². The van der Waals surface area contributed by atoms with E-state index in [1.807, 2.05) is 48.5 Å². The number of thioether (sulfide) groups is 1.